The molecule has 28 heavy (non-hydrogen) atoms. The van der Waals surface area contributed by atoms with Crippen LogP contribution in [-0.4, -0.2) is 50.3 Å². The molecule has 1 aliphatic rings. The van der Waals surface area contributed by atoms with Crippen LogP contribution in [0.5, 0.6) is 5.75 Å². The third kappa shape index (κ3) is 5.34. The molecule has 6 nitrogen and oxygen atoms in total. The van der Waals surface area contributed by atoms with E-state index < -0.39 is 0 Å². The van der Waals surface area contributed by atoms with Gasteiger partial charge in [-0.2, -0.15) is 0 Å². The van der Waals surface area contributed by atoms with E-state index in [0.29, 0.717) is 25.5 Å². The molecule has 1 aliphatic heterocycles. The number of rotatable bonds is 6. The number of hydrogen-bond donors (Lipinski definition) is 2. The second kappa shape index (κ2) is 9.39. The molecule has 0 amide bonds. The first kappa shape index (κ1) is 19.9. The van der Waals surface area contributed by atoms with E-state index >= 15 is 0 Å². The maximum absolute atomic E-state index is 13.9. The summed E-state index contributed by atoms with van der Waals surface area (Å²) in [6.07, 6.45) is 2.52. The highest BCUT2D eigenvalue weighted by Gasteiger charge is 2.25. The minimum absolute atomic E-state index is 0.188. The summed E-state index contributed by atoms with van der Waals surface area (Å²) in [4.78, 5) is 10.4. The van der Waals surface area contributed by atoms with Gasteiger partial charge in [0.05, 0.1) is 6.54 Å². The van der Waals surface area contributed by atoms with Gasteiger partial charge in [0.1, 0.15) is 12.4 Å². The number of benzene rings is 1. The number of aryl methyl sites for hydroxylation is 2. The molecule has 1 unspecified atom stereocenters. The quantitative estimate of drug-likeness (QED) is 0.455. The van der Waals surface area contributed by atoms with Crippen LogP contribution in [0.2, 0.25) is 0 Å². The summed E-state index contributed by atoms with van der Waals surface area (Å²) in [5, 5.41) is 6.66. The van der Waals surface area contributed by atoms with Crippen LogP contribution in [0.4, 0.5) is 10.2 Å². The molecule has 7 heteroatoms. The fourth-order valence-corrected chi connectivity index (χ4v) is 3.42. The van der Waals surface area contributed by atoms with Crippen molar-refractivity contribution in [3.8, 4) is 5.75 Å². The number of ether oxygens (including phenoxy) is 1. The zero-order valence-corrected chi connectivity index (χ0v) is 16.7. The van der Waals surface area contributed by atoms with Gasteiger partial charge in [-0.25, -0.2) is 9.37 Å². The Kier molecular flexibility index (Phi) is 6.68. The van der Waals surface area contributed by atoms with Gasteiger partial charge in [0, 0.05) is 32.4 Å². The fraction of sp³-hybridized carbons (Fsp3) is 0.429. The van der Waals surface area contributed by atoms with Crippen molar-refractivity contribution >= 4 is 11.8 Å². The molecule has 1 aromatic heterocycles. The van der Waals surface area contributed by atoms with Crippen molar-refractivity contribution in [1.82, 2.24) is 15.6 Å². The highest BCUT2D eigenvalue weighted by Crippen LogP contribution is 2.20. The molecule has 0 aliphatic carbocycles. The Morgan fingerprint density at radius 2 is 2.11 bits per heavy atom. The average Bonchev–Trinajstić information content (AvgIpc) is 3.12. The van der Waals surface area contributed by atoms with Crippen molar-refractivity contribution < 1.29 is 9.13 Å². The van der Waals surface area contributed by atoms with E-state index in [-0.39, 0.29) is 11.9 Å². The van der Waals surface area contributed by atoms with Crippen LogP contribution in [0.25, 0.3) is 0 Å². The number of pyridine rings is 1. The predicted molar refractivity (Wildman–Crippen MR) is 111 cm³/mol. The Labute approximate surface area is 165 Å². The van der Waals surface area contributed by atoms with Gasteiger partial charge in [-0.3, -0.25) is 4.99 Å². The summed E-state index contributed by atoms with van der Waals surface area (Å²) in [5.74, 6) is 1.73. The molecule has 0 saturated carbocycles. The topological polar surface area (TPSA) is 61.8 Å². The molecule has 0 spiro atoms. The number of guanidine groups is 1. The van der Waals surface area contributed by atoms with Crippen LogP contribution in [0.1, 0.15) is 17.5 Å². The van der Waals surface area contributed by atoms with E-state index in [1.165, 1.54) is 17.2 Å². The molecule has 1 fully saturated rings. The highest BCUT2D eigenvalue weighted by atomic mass is 19.1. The van der Waals surface area contributed by atoms with Gasteiger partial charge < -0.3 is 20.3 Å². The number of aromatic nitrogens is 1. The number of anilines is 1. The van der Waals surface area contributed by atoms with E-state index in [0.717, 1.165) is 24.7 Å². The minimum atomic E-state index is -0.283. The molecule has 0 radical (unpaired) electrons. The Hall–Kier alpha value is -2.83. The van der Waals surface area contributed by atoms with E-state index in [9.17, 15) is 4.39 Å². The molecular weight excluding hydrogens is 357 g/mol. The Bertz CT molecular complexity index is 806. The summed E-state index contributed by atoms with van der Waals surface area (Å²) in [6.45, 7) is 6.75. The van der Waals surface area contributed by atoms with Gasteiger partial charge >= 0.3 is 0 Å². The summed E-state index contributed by atoms with van der Waals surface area (Å²) in [6, 6.07) is 9.43. The van der Waals surface area contributed by atoms with Crippen molar-refractivity contribution in [3.05, 3.63) is 53.5 Å². The van der Waals surface area contributed by atoms with Crippen molar-refractivity contribution in [2.75, 3.05) is 38.2 Å². The van der Waals surface area contributed by atoms with E-state index in [1.54, 1.807) is 19.3 Å². The van der Waals surface area contributed by atoms with E-state index in [1.807, 2.05) is 17.0 Å². The Balaban J connectivity index is 1.43. The molecule has 1 atom stereocenters. The molecule has 150 valence electrons. The van der Waals surface area contributed by atoms with Crippen LogP contribution in [0, 0.1) is 19.7 Å². The summed E-state index contributed by atoms with van der Waals surface area (Å²) in [7, 11) is 1.74. The lowest BCUT2D eigenvalue weighted by Gasteiger charge is -2.20. The summed E-state index contributed by atoms with van der Waals surface area (Å²) >= 11 is 0. The Morgan fingerprint density at radius 3 is 2.82 bits per heavy atom. The molecule has 1 aromatic carbocycles. The standard InChI is InChI=1S/C21H28FN5O/c1-15-11-16(2)13-18(12-15)28-10-8-25-21(23-3)26-17-6-9-27(14-17)20-19(22)5-4-7-24-20/h4-5,7,11-13,17H,6,8-10,14H2,1-3H3,(H2,23,25,26). The predicted octanol–water partition coefficient (Wildman–Crippen LogP) is 2.66. The maximum atomic E-state index is 13.9. The number of aliphatic imine (C=N–C) groups is 1. The first-order valence-electron chi connectivity index (χ1n) is 9.59. The number of nitrogens with zero attached hydrogens (tertiary/aromatic N) is 3. The first-order valence-corrected chi connectivity index (χ1v) is 9.59. The average molecular weight is 385 g/mol. The lowest BCUT2D eigenvalue weighted by molar-refractivity contribution is 0.321. The summed E-state index contributed by atoms with van der Waals surface area (Å²) < 4.78 is 19.7. The molecule has 2 heterocycles. The largest absolute Gasteiger partial charge is 0.492 e. The maximum Gasteiger partial charge on any atom is 0.191 e. The summed E-state index contributed by atoms with van der Waals surface area (Å²) in [5.41, 5.74) is 2.38. The monoisotopic (exact) mass is 385 g/mol. The normalized spacial score (nSPS) is 16.9. The third-order valence-corrected chi connectivity index (χ3v) is 4.65. The fourth-order valence-electron chi connectivity index (χ4n) is 3.42. The number of halogens is 1. The van der Waals surface area contributed by atoms with Gasteiger partial charge in [-0.15, -0.1) is 0 Å². The van der Waals surface area contributed by atoms with Gasteiger partial charge in [-0.05, 0) is 55.7 Å². The van der Waals surface area contributed by atoms with Gasteiger partial charge in [-0.1, -0.05) is 6.07 Å². The Morgan fingerprint density at radius 1 is 1.32 bits per heavy atom. The molecule has 3 rings (SSSR count). The smallest absolute Gasteiger partial charge is 0.191 e. The molecular formula is C21H28FN5O. The van der Waals surface area contributed by atoms with Crippen LogP contribution in [0.15, 0.2) is 41.5 Å². The van der Waals surface area contributed by atoms with Crippen LogP contribution in [0.3, 0.4) is 0 Å². The van der Waals surface area contributed by atoms with Gasteiger partial charge in [0.2, 0.25) is 0 Å². The van der Waals surface area contributed by atoms with Crippen molar-refractivity contribution in [1.29, 1.82) is 0 Å². The first-order chi connectivity index (χ1) is 13.5. The minimum Gasteiger partial charge on any atom is -0.492 e. The van der Waals surface area contributed by atoms with Gasteiger partial charge in [0.25, 0.3) is 0 Å². The zero-order chi connectivity index (χ0) is 19.9. The van der Waals surface area contributed by atoms with Crippen molar-refractivity contribution in [3.63, 3.8) is 0 Å². The van der Waals surface area contributed by atoms with E-state index in [2.05, 4.69) is 40.5 Å². The SMILES string of the molecule is CN=C(NCCOc1cc(C)cc(C)c1)NC1CCN(c2ncccc2F)C1. The molecule has 0 bridgehead atoms. The van der Waals surface area contributed by atoms with Crippen LogP contribution >= 0.6 is 0 Å². The van der Waals surface area contributed by atoms with Crippen molar-refractivity contribution in [2.24, 2.45) is 4.99 Å². The van der Waals surface area contributed by atoms with Crippen LogP contribution < -0.4 is 20.3 Å². The second-order valence-corrected chi connectivity index (χ2v) is 7.06. The van der Waals surface area contributed by atoms with Gasteiger partial charge in [0.15, 0.2) is 17.6 Å². The van der Waals surface area contributed by atoms with Crippen molar-refractivity contribution in [2.45, 2.75) is 26.3 Å². The number of hydrogen-bond acceptors (Lipinski definition) is 4. The molecule has 2 N–H and O–H groups in total. The van der Waals surface area contributed by atoms with E-state index in [4.69, 9.17) is 4.74 Å². The zero-order valence-electron chi connectivity index (χ0n) is 16.7. The third-order valence-electron chi connectivity index (χ3n) is 4.65. The lowest BCUT2D eigenvalue weighted by atomic mass is 10.1. The highest BCUT2D eigenvalue weighted by molar-refractivity contribution is 5.80. The molecule has 1 saturated heterocycles. The number of nitrogens with one attached hydrogen (secondary N) is 2. The lowest BCUT2D eigenvalue weighted by Crippen LogP contribution is -2.45. The second-order valence-electron chi connectivity index (χ2n) is 7.06. The van der Waals surface area contributed by atoms with Crippen LogP contribution in [-0.2, 0) is 0 Å². The molecule has 2 aromatic rings.